The Kier molecular flexibility index (Phi) is 3.69. The molecule has 2 atom stereocenters. The van der Waals surface area contributed by atoms with E-state index in [1.165, 1.54) is 0 Å². The number of halogens is 1. The van der Waals surface area contributed by atoms with Crippen LogP contribution < -0.4 is 5.01 Å². The van der Waals surface area contributed by atoms with Crippen molar-refractivity contribution in [3.05, 3.63) is 51.7 Å². The highest BCUT2D eigenvalue weighted by Crippen LogP contribution is 2.41. The number of nitrogens with zero attached hydrogens (tertiary/aromatic N) is 2. The molecule has 0 aliphatic carbocycles. The van der Waals surface area contributed by atoms with E-state index < -0.39 is 11.9 Å². The summed E-state index contributed by atoms with van der Waals surface area (Å²) in [5.41, 5.74) is 1.44. The zero-order chi connectivity index (χ0) is 15.0. The molecule has 1 aromatic carbocycles. The number of hydrogen-bond acceptors (Lipinski definition) is 4. The minimum Gasteiger partial charge on any atom is -0.481 e. The Labute approximate surface area is 131 Å². The number of anilines is 1. The van der Waals surface area contributed by atoms with E-state index in [9.17, 15) is 9.90 Å². The van der Waals surface area contributed by atoms with Crippen LogP contribution in [0.5, 0.6) is 0 Å². The SMILES string of the molecule is CC1=NN(c2ccc(Cl)cc2)C(c2cccs2)C1C(=O)O. The van der Waals surface area contributed by atoms with Crippen LogP contribution in [0, 0.1) is 5.92 Å². The molecule has 4 nitrogen and oxygen atoms in total. The van der Waals surface area contributed by atoms with E-state index in [2.05, 4.69) is 5.10 Å². The second-order valence-electron chi connectivity index (χ2n) is 4.84. The molecule has 1 aliphatic heterocycles. The van der Waals surface area contributed by atoms with Crippen LogP contribution in [0.15, 0.2) is 46.9 Å². The first-order valence-electron chi connectivity index (χ1n) is 6.44. The lowest BCUT2D eigenvalue weighted by Gasteiger charge is -2.25. The molecule has 3 rings (SSSR count). The molecule has 2 unspecified atom stereocenters. The summed E-state index contributed by atoms with van der Waals surface area (Å²) in [7, 11) is 0. The van der Waals surface area contributed by atoms with Crippen LogP contribution in [0.4, 0.5) is 5.69 Å². The molecule has 21 heavy (non-hydrogen) atoms. The Balaban J connectivity index is 2.05. The van der Waals surface area contributed by atoms with Crippen molar-refractivity contribution in [1.29, 1.82) is 0 Å². The molecule has 0 radical (unpaired) electrons. The van der Waals surface area contributed by atoms with Crippen LogP contribution in [0.1, 0.15) is 17.8 Å². The second kappa shape index (κ2) is 5.50. The van der Waals surface area contributed by atoms with Gasteiger partial charge in [0.1, 0.15) is 12.0 Å². The molecule has 0 spiro atoms. The largest absolute Gasteiger partial charge is 0.481 e. The first-order chi connectivity index (χ1) is 10.1. The van der Waals surface area contributed by atoms with Crippen LogP contribution in [-0.2, 0) is 4.79 Å². The maximum atomic E-state index is 11.6. The molecule has 1 aliphatic rings. The molecule has 1 aromatic heterocycles. The first-order valence-corrected chi connectivity index (χ1v) is 7.70. The highest BCUT2D eigenvalue weighted by molar-refractivity contribution is 7.10. The number of carboxylic acids is 1. The van der Waals surface area contributed by atoms with Gasteiger partial charge in [-0.05, 0) is 42.6 Å². The third-order valence-electron chi connectivity index (χ3n) is 3.49. The highest BCUT2D eigenvalue weighted by Gasteiger charge is 2.42. The highest BCUT2D eigenvalue weighted by atomic mass is 35.5. The van der Waals surface area contributed by atoms with E-state index in [1.54, 1.807) is 35.4 Å². The van der Waals surface area contributed by atoms with Crippen LogP contribution in [-0.4, -0.2) is 16.8 Å². The summed E-state index contributed by atoms with van der Waals surface area (Å²) in [5, 5.41) is 18.4. The van der Waals surface area contributed by atoms with E-state index in [0.29, 0.717) is 10.7 Å². The molecular weight excluding hydrogens is 308 g/mol. The lowest BCUT2D eigenvalue weighted by Crippen LogP contribution is -2.29. The smallest absolute Gasteiger partial charge is 0.314 e. The van der Waals surface area contributed by atoms with Gasteiger partial charge in [-0.3, -0.25) is 9.80 Å². The van der Waals surface area contributed by atoms with Crippen molar-refractivity contribution in [3.63, 3.8) is 0 Å². The Hall–Kier alpha value is -1.85. The maximum Gasteiger partial charge on any atom is 0.314 e. The number of hydrazone groups is 1. The molecule has 2 aromatic rings. The fraction of sp³-hybridized carbons (Fsp3) is 0.200. The van der Waals surface area contributed by atoms with Crippen molar-refractivity contribution in [3.8, 4) is 0 Å². The summed E-state index contributed by atoms with van der Waals surface area (Å²) in [4.78, 5) is 12.6. The second-order valence-corrected chi connectivity index (χ2v) is 6.25. The van der Waals surface area contributed by atoms with Crippen LogP contribution in [0.2, 0.25) is 5.02 Å². The van der Waals surface area contributed by atoms with Gasteiger partial charge in [-0.25, -0.2) is 0 Å². The molecule has 6 heteroatoms. The molecular formula is C15H13ClN2O2S. The number of thiophene rings is 1. The minimum absolute atomic E-state index is 0.316. The number of carboxylic acid groups (broad SMARTS) is 1. The molecule has 2 heterocycles. The summed E-state index contributed by atoms with van der Waals surface area (Å²) in [6.07, 6.45) is 0. The predicted octanol–water partition coefficient (Wildman–Crippen LogP) is 4.04. The Bertz CT molecular complexity index is 682. The number of aliphatic carboxylic acids is 1. The average molecular weight is 321 g/mol. The normalized spacial score (nSPS) is 21.4. The fourth-order valence-electron chi connectivity index (χ4n) is 2.53. The van der Waals surface area contributed by atoms with E-state index in [-0.39, 0.29) is 6.04 Å². The summed E-state index contributed by atoms with van der Waals surface area (Å²) in [6, 6.07) is 10.8. The van der Waals surface area contributed by atoms with Crippen molar-refractivity contribution in [2.24, 2.45) is 11.0 Å². The van der Waals surface area contributed by atoms with Crippen LogP contribution in [0.25, 0.3) is 0 Å². The zero-order valence-corrected chi connectivity index (χ0v) is 12.8. The predicted molar refractivity (Wildman–Crippen MR) is 85.2 cm³/mol. The lowest BCUT2D eigenvalue weighted by molar-refractivity contribution is -0.139. The minimum atomic E-state index is -0.855. The van der Waals surface area contributed by atoms with Gasteiger partial charge < -0.3 is 5.11 Å². The van der Waals surface area contributed by atoms with E-state index >= 15 is 0 Å². The van der Waals surface area contributed by atoms with E-state index in [0.717, 1.165) is 10.6 Å². The van der Waals surface area contributed by atoms with Crippen molar-refractivity contribution >= 4 is 40.3 Å². The summed E-state index contributed by atoms with van der Waals surface area (Å²) >= 11 is 7.46. The van der Waals surface area contributed by atoms with Crippen LogP contribution >= 0.6 is 22.9 Å². The zero-order valence-electron chi connectivity index (χ0n) is 11.2. The maximum absolute atomic E-state index is 11.6. The summed E-state index contributed by atoms with van der Waals surface area (Å²) < 4.78 is 0. The van der Waals surface area contributed by atoms with Gasteiger partial charge in [0.05, 0.1) is 11.4 Å². The van der Waals surface area contributed by atoms with Gasteiger partial charge in [-0.15, -0.1) is 11.3 Å². The Morgan fingerprint density at radius 2 is 2.05 bits per heavy atom. The average Bonchev–Trinajstić information content (AvgIpc) is 3.06. The first kappa shape index (κ1) is 14.1. The van der Waals surface area contributed by atoms with Gasteiger partial charge in [0.2, 0.25) is 0 Å². The Morgan fingerprint density at radius 1 is 1.33 bits per heavy atom. The van der Waals surface area contributed by atoms with E-state index in [4.69, 9.17) is 11.6 Å². The Morgan fingerprint density at radius 3 is 2.62 bits per heavy atom. The lowest BCUT2D eigenvalue weighted by atomic mass is 9.95. The van der Waals surface area contributed by atoms with Crippen molar-refractivity contribution in [1.82, 2.24) is 0 Å². The molecule has 1 N–H and O–H groups in total. The third-order valence-corrected chi connectivity index (χ3v) is 4.68. The topological polar surface area (TPSA) is 52.9 Å². The molecule has 108 valence electrons. The summed E-state index contributed by atoms with van der Waals surface area (Å²) in [5.74, 6) is -1.49. The van der Waals surface area contributed by atoms with Gasteiger partial charge in [0.25, 0.3) is 0 Å². The van der Waals surface area contributed by atoms with Gasteiger partial charge in [-0.2, -0.15) is 5.10 Å². The molecule has 0 saturated carbocycles. The number of hydrogen-bond donors (Lipinski definition) is 1. The number of rotatable bonds is 3. The van der Waals surface area contributed by atoms with Crippen LogP contribution in [0.3, 0.4) is 0 Å². The van der Waals surface area contributed by atoms with Crippen molar-refractivity contribution < 1.29 is 9.90 Å². The quantitative estimate of drug-likeness (QED) is 0.928. The molecule has 0 bridgehead atoms. The summed E-state index contributed by atoms with van der Waals surface area (Å²) in [6.45, 7) is 1.76. The van der Waals surface area contributed by atoms with Gasteiger partial charge in [-0.1, -0.05) is 17.7 Å². The molecule has 0 amide bonds. The number of carbonyl (C=O) groups is 1. The van der Waals surface area contributed by atoms with Crippen molar-refractivity contribution in [2.75, 3.05) is 5.01 Å². The fourth-order valence-corrected chi connectivity index (χ4v) is 3.51. The monoisotopic (exact) mass is 320 g/mol. The molecule has 0 saturated heterocycles. The van der Waals surface area contributed by atoms with Gasteiger partial charge >= 0.3 is 5.97 Å². The third kappa shape index (κ3) is 2.54. The van der Waals surface area contributed by atoms with E-state index in [1.807, 2.05) is 29.6 Å². The number of benzene rings is 1. The van der Waals surface area contributed by atoms with Gasteiger partial charge in [0.15, 0.2) is 0 Å². The molecule has 0 fully saturated rings. The van der Waals surface area contributed by atoms with Crippen molar-refractivity contribution in [2.45, 2.75) is 13.0 Å². The van der Waals surface area contributed by atoms with Gasteiger partial charge in [0, 0.05) is 9.90 Å². The standard InChI is InChI=1S/C15H13ClN2O2S/c1-9-13(15(19)20)14(12-3-2-8-21-12)18(17-9)11-6-4-10(16)5-7-11/h2-8,13-14H,1H3,(H,19,20).